The van der Waals surface area contributed by atoms with E-state index in [-0.39, 0.29) is 17.4 Å². The molecule has 1 fully saturated rings. The molecular formula is C30H30F2N2O3. The van der Waals surface area contributed by atoms with Crippen LogP contribution in [0.2, 0.25) is 0 Å². The fourth-order valence-electron chi connectivity index (χ4n) is 5.72. The maximum Gasteiger partial charge on any atom is 0.339 e. The number of carbonyl (C=O) groups excluding carboxylic acids is 2. The third kappa shape index (κ3) is 4.53. The van der Waals surface area contributed by atoms with Crippen molar-refractivity contribution in [1.82, 2.24) is 10.6 Å². The van der Waals surface area contributed by atoms with Crippen molar-refractivity contribution in [3.05, 3.63) is 94.0 Å². The SMILES string of the molecule is CCC(=O)NCCc1ccccc1-c1ccc(C2CNCC[C@@]23OC(=O)c2cc(F)c(F)cc23)c(C)c1. The van der Waals surface area contributed by atoms with Gasteiger partial charge in [0.25, 0.3) is 0 Å². The summed E-state index contributed by atoms with van der Waals surface area (Å²) in [6.45, 7) is 5.56. The van der Waals surface area contributed by atoms with E-state index >= 15 is 0 Å². The van der Waals surface area contributed by atoms with Crippen LogP contribution >= 0.6 is 0 Å². The van der Waals surface area contributed by atoms with E-state index in [2.05, 4.69) is 34.9 Å². The lowest BCUT2D eigenvalue weighted by molar-refractivity contribution is -0.120. The maximum atomic E-state index is 14.3. The summed E-state index contributed by atoms with van der Waals surface area (Å²) >= 11 is 0. The predicted molar refractivity (Wildman–Crippen MR) is 137 cm³/mol. The van der Waals surface area contributed by atoms with Gasteiger partial charge in [0.05, 0.1) is 5.56 Å². The number of fused-ring (bicyclic) bond motifs is 2. The molecule has 2 N–H and O–H groups in total. The average molecular weight is 505 g/mol. The third-order valence-electron chi connectivity index (χ3n) is 7.61. The number of rotatable bonds is 6. The Kier molecular flexibility index (Phi) is 6.82. The molecular weight excluding hydrogens is 474 g/mol. The molecule has 0 saturated carbocycles. The van der Waals surface area contributed by atoms with E-state index in [0.717, 1.165) is 39.9 Å². The smallest absolute Gasteiger partial charge is 0.339 e. The molecule has 2 heterocycles. The first-order valence-electron chi connectivity index (χ1n) is 12.7. The summed E-state index contributed by atoms with van der Waals surface area (Å²) in [6.07, 6.45) is 1.64. The number of benzene rings is 3. The fourth-order valence-corrected chi connectivity index (χ4v) is 5.72. The second-order valence-corrected chi connectivity index (χ2v) is 9.78. The molecule has 0 aliphatic carbocycles. The number of hydrogen-bond donors (Lipinski definition) is 2. The molecule has 0 aromatic heterocycles. The van der Waals surface area contributed by atoms with E-state index in [9.17, 15) is 18.4 Å². The Hall–Kier alpha value is -3.58. The average Bonchev–Trinajstić information content (AvgIpc) is 3.15. The Labute approximate surface area is 215 Å². The summed E-state index contributed by atoms with van der Waals surface area (Å²) in [6, 6.07) is 16.4. The zero-order valence-corrected chi connectivity index (χ0v) is 21.0. The highest BCUT2D eigenvalue weighted by Gasteiger charge is 2.53. The van der Waals surface area contributed by atoms with E-state index in [1.54, 1.807) is 0 Å². The standard InChI is InChI=1S/C30H30F2N2O3/c1-3-28(35)34-12-10-19-6-4-5-7-22(19)20-8-9-21(18(2)14-20)25-17-33-13-11-30(25)24-16-27(32)26(31)15-23(24)29(36)37-30/h4-9,14-16,25,33H,3,10-13,17H2,1-2H3,(H,34,35)/t25?,30-/m0/s1. The molecule has 3 aromatic carbocycles. The van der Waals surface area contributed by atoms with Gasteiger partial charge in [-0.15, -0.1) is 0 Å². The second kappa shape index (κ2) is 10.1. The van der Waals surface area contributed by atoms with Crippen LogP contribution in [0.25, 0.3) is 11.1 Å². The van der Waals surface area contributed by atoms with Crippen LogP contribution in [0.15, 0.2) is 54.6 Å². The van der Waals surface area contributed by atoms with Gasteiger partial charge < -0.3 is 15.4 Å². The van der Waals surface area contributed by atoms with Gasteiger partial charge in [-0.1, -0.05) is 49.4 Å². The van der Waals surface area contributed by atoms with Gasteiger partial charge in [-0.2, -0.15) is 0 Å². The van der Waals surface area contributed by atoms with E-state index in [4.69, 9.17) is 4.74 Å². The number of ether oxygens (including phenoxy) is 1. The van der Waals surface area contributed by atoms with Crippen LogP contribution in [0.5, 0.6) is 0 Å². The second-order valence-electron chi connectivity index (χ2n) is 9.78. The highest BCUT2D eigenvalue weighted by molar-refractivity contribution is 5.95. The Morgan fingerprint density at radius 1 is 1.11 bits per heavy atom. The molecule has 3 aromatic rings. The summed E-state index contributed by atoms with van der Waals surface area (Å²) in [4.78, 5) is 24.4. The van der Waals surface area contributed by atoms with Crippen molar-refractivity contribution < 1.29 is 23.1 Å². The van der Waals surface area contributed by atoms with Crippen LogP contribution in [0.3, 0.4) is 0 Å². The summed E-state index contributed by atoms with van der Waals surface area (Å²) < 4.78 is 34.2. The summed E-state index contributed by atoms with van der Waals surface area (Å²) in [5, 5.41) is 6.31. The van der Waals surface area contributed by atoms with Gasteiger partial charge in [-0.3, -0.25) is 4.79 Å². The Morgan fingerprint density at radius 3 is 2.68 bits per heavy atom. The van der Waals surface area contributed by atoms with Crippen LogP contribution in [-0.4, -0.2) is 31.5 Å². The molecule has 1 amide bonds. The van der Waals surface area contributed by atoms with E-state index in [0.29, 0.717) is 44.5 Å². The predicted octanol–water partition coefficient (Wildman–Crippen LogP) is 5.15. The molecule has 192 valence electrons. The summed E-state index contributed by atoms with van der Waals surface area (Å²) in [5.74, 6) is -2.87. The Balaban J connectivity index is 1.49. The molecule has 0 radical (unpaired) electrons. The maximum absolute atomic E-state index is 14.3. The molecule has 5 rings (SSSR count). The fraction of sp³-hybridized carbons (Fsp3) is 0.333. The number of piperidine rings is 1. The molecule has 7 heteroatoms. The van der Waals surface area contributed by atoms with Crippen molar-refractivity contribution in [2.45, 2.75) is 44.6 Å². The molecule has 2 aliphatic rings. The normalized spacial score (nSPS) is 20.5. The van der Waals surface area contributed by atoms with Gasteiger partial charge in [0.1, 0.15) is 5.60 Å². The van der Waals surface area contributed by atoms with Crippen molar-refractivity contribution in [3.63, 3.8) is 0 Å². The molecule has 2 atom stereocenters. The first-order chi connectivity index (χ1) is 17.8. The number of halogens is 2. The molecule has 1 spiro atoms. The molecule has 0 bridgehead atoms. The van der Waals surface area contributed by atoms with Crippen LogP contribution in [-0.2, 0) is 21.6 Å². The zero-order chi connectivity index (χ0) is 26.2. The Bertz CT molecular complexity index is 1370. The van der Waals surface area contributed by atoms with Crippen molar-refractivity contribution in [1.29, 1.82) is 0 Å². The zero-order valence-electron chi connectivity index (χ0n) is 21.0. The van der Waals surface area contributed by atoms with Gasteiger partial charge in [0, 0.05) is 37.4 Å². The number of nitrogens with one attached hydrogen (secondary N) is 2. The van der Waals surface area contributed by atoms with Gasteiger partial charge >= 0.3 is 5.97 Å². The quantitative estimate of drug-likeness (QED) is 0.456. The van der Waals surface area contributed by atoms with Crippen molar-refractivity contribution in [3.8, 4) is 11.1 Å². The minimum atomic E-state index is -1.05. The van der Waals surface area contributed by atoms with Crippen LogP contribution in [0.4, 0.5) is 8.78 Å². The minimum Gasteiger partial charge on any atom is -0.450 e. The van der Waals surface area contributed by atoms with E-state index in [1.165, 1.54) is 0 Å². The molecule has 2 aliphatic heterocycles. The van der Waals surface area contributed by atoms with Crippen molar-refractivity contribution in [2.24, 2.45) is 0 Å². The van der Waals surface area contributed by atoms with Gasteiger partial charge in [0.2, 0.25) is 5.91 Å². The number of aryl methyl sites for hydroxylation is 1. The monoisotopic (exact) mass is 504 g/mol. The number of esters is 1. The first-order valence-corrected chi connectivity index (χ1v) is 12.7. The lowest BCUT2D eigenvalue weighted by Gasteiger charge is -2.41. The number of hydrogen-bond acceptors (Lipinski definition) is 4. The molecule has 1 unspecified atom stereocenters. The largest absolute Gasteiger partial charge is 0.450 e. The summed E-state index contributed by atoms with van der Waals surface area (Å²) in [5.41, 5.74) is 4.77. The van der Waals surface area contributed by atoms with Gasteiger partial charge in [-0.05, 0) is 59.8 Å². The number of carbonyl (C=O) groups is 2. The van der Waals surface area contributed by atoms with Crippen molar-refractivity contribution in [2.75, 3.05) is 19.6 Å². The minimum absolute atomic E-state index is 0.0319. The van der Waals surface area contributed by atoms with Crippen LogP contribution < -0.4 is 10.6 Å². The Morgan fingerprint density at radius 2 is 1.89 bits per heavy atom. The molecule has 1 saturated heterocycles. The van der Waals surface area contributed by atoms with E-state index in [1.807, 2.05) is 32.0 Å². The van der Waals surface area contributed by atoms with Crippen molar-refractivity contribution >= 4 is 11.9 Å². The van der Waals surface area contributed by atoms with E-state index < -0.39 is 23.2 Å². The van der Waals surface area contributed by atoms with Crippen LogP contribution in [0.1, 0.15) is 58.3 Å². The lowest BCUT2D eigenvalue weighted by atomic mass is 9.72. The molecule has 37 heavy (non-hydrogen) atoms. The number of amides is 1. The first kappa shape index (κ1) is 25.1. The third-order valence-corrected chi connectivity index (χ3v) is 7.61. The molecule has 5 nitrogen and oxygen atoms in total. The lowest BCUT2D eigenvalue weighted by Crippen LogP contribution is -2.47. The summed E-state index contributed by atoms with van der Waals surface area (Å²) in [7, 11) is 0. The van der Waals surface area contributed by atoms with Gasteiger partial charge in [-0.25, -0.2) is 13.6 Å². The van der Waals surface area contributed by atoms with Crippen LogP contribution in [0, 0.1) is 18.6 Å². The van der Waals surface area contributed by atoms with Gasteiger partial charge in [0.15, 0.2) is 11.6 Å². The highest BCUT2D eigenvalue weighted by atomic mass is 19.2. The highest BCUT2D eigenvalue weighted by Crippen LogP contribution is 2.51. The topological polar surface area (TPSA) is 67.4 Å².